The van der Waals surface area contributed by atoms with Gasteiger partial charge in [0, 0.05) is 30.4 Å². The van der Waals surface area contributed by atoms with Gasteiger partial charge in [-0.15, -0.1) is 0 Å². The molecule has 3 aromatic rings. The van der Waals surface area contributed by atoms with E-state index in [0.29, 0.717) is 41.4 Å². The number of carbonyl (C=O) groups excluding carboxylic acids is 1. The van der Waals surface area contributed by atoms with Crippen LogP contribution in [0.5, 0.6) is 0 Å². The molecule has 3 N–H and O–H groups in total. The molecule has 7 nitrogen and oxygen atoms in total. The Morgan fingerprint density at radius 1 is 1.19 bits per heavy atom. The minimum absolute atomic E-state index is 0.00152. The quantitative estimate of drug-likeness (QED) is 0.576. The number of carbonyl (C=O) groups is 1. The number of rotatable bonds is 3. The first kappa shape index (κ1) is 20.3. The smallest absolute Gasteiger partial charge is 0.251 e. The van der Waals surface area contributed by atoms with Gasteiger partial charge < -0.3 is 15.4 Å². The van der Waals surface area contributed by atoms with Gasteiger partial charge in [-0.2, -0.15) is 5.10 Å². The lowest BCUT2D eigenvalue weighted by atomic mass is 9.99. The van der Waals surface area contributed by atoms with E-state index >= 15 is 0 Å². The average molecular weight is 437 g/mol. The van der Waals surface area contributed by atoms with Gasteiger partial charge in [0.25, 0.3) is 5.91 Å². The lowest BCUT2D eigenvalue weighted by Gasteiger charge is -2.23. The summed E-state index contributed by atoms with van der Waals surface area (Å²) in [7, 11) is 0. The number of benzene rings is 2. The second kappa shape index (κ2) is 8.16. The summed E-state index contributed by atoms with van der Waals surface area (Å²) in [6.07, 6.45) is 3.04. The van der Waals surface area contributed by atoms with Crippen molar-refractivity contribution in [3.63, 3.8) is 0 Å². The number of hydrogen-bond acceptors (Lipinski definition) is 5. The highest BCUT2D eigenvalue weighted by molar-refractivity contribution is 6.13. The molecule has 0 bridgehead atoms. The molecule has 0 aliphatic carbocycles. The number of ether oxygens (including phenoxy) is 1. The van der Waals surface area contributed by atoms with E-state index in [1.54, 1.807) is 6.07 Å². The van der Waals surface area contributed by atoms with Crippen molar-refractivity contribution in [3.05, 3.63) is 64.9 Å². The van der Waals surface area contributed by atoms with Crippen molar-refractivity contribution in [2.75, 3.05) is 18.5 Å². The molecule has 0 saturated carbocycles. The van der Waals surface area contributed by atoms with Crippen LogP contribution < -0.4 is 10.6 Å². The predicted molar refractivity (Wildman–Crippen MR) is 116 cm³/mol. The number of anilines is 1. The fraction of sp³-hybridized carbons (Fsp3) is 0.261. The average Bonchev–Trinajstić information content (AvgIpc) is 3.17. The second-order valence-electron chi connectivity index (χ2n) is 7.89. The molecule has 2 aliphatic rings. The van der Waals surface area contributed by atoms with E-state index in [0.717, 1.165) is 18.4 Å². The zero-order valence-electron chi connectivity index (χ0n) is 17.3. The molecule has 0 spiro atoms. The maximum absolute atomic E-state index is 14.5. The fourth-order valence-electron chi connectivity index (χ4n) is 4.04. The number of H-pyrrole nitrogens is 1. The number of nitrogens with zero attached hydrogens (tertiary/aromatic N) is 2. The molecule has 9 heteroatoms. The zero-order valence-corrected chi connectivity index (χ0v) is 17.3. The Balaban J connectivity index is 1.60. The van der Waals surface area contributed by atoms with Gasteiger partial charge in [-0.3, -0.25) is 9.89 Å². The molecule has 1 saturated heterocycles. The summed E-state index contributed by atoms with van der Waals surface area (Å²) in [5.74, 6) is -1.70. The predicted octanol–water partition coefficient (Wildman–Crippen LogP) is 4.08. The molecule has 1 fully saturated rings. The number of aromatic amines is 1. The first-order valence-corrected chi connectivity index (χ1v) is 10.4. The topological polar surface area (TPSA) is 91.4 Å². The standard InChI is InChI=1S/C23H21F2N5O2/c1-12-9-15-18(10-14(12)23(31)27-13-5-7-32-8-6-13)28-22(29-19-11-26-30-21(15)19)20-16(24)3-2-4-17(20)25/h2-4,9-11,13H,5-8H2,1H3,(H,26,30)(H,27,31)(H,28,29). The molecule has 0 unspecified atom stereocenters. The molecule has 5 rings (SSSR count). The van der Waals surface area contributed by atoms with E-state index in [9.17, 15) is 13.6 Å². The minimum atomic E-state index is -0.741. The largest absolute Gasteiger partial charge is 0.381 e. The Morgan fingerprint density at radius 2 is 1.94 bits per heavy atom. The number of amides is 1. The third-order valence-corrected chi connectivity index (χ3v) is 5.74. The number of aryl methyl sites for hydroxylation is 1. The zero-order chi connectivity index (χ0) is 22.2. The van der Waals surface area contributed by atoms with E-state index in [1.165, 1.54) is 24.4 Å². The van der Waals surface area contributed by atoms with Gasteiger partial charge >= 0.3 is 0 Å². The normalized spacial score (nSPS) is 15.8. The summed E-state index contributed by atoms with van der Waals surface area (Å²) in [6, 6.07) is 7.17. The van der Waals surface area contributed by atoms with Gasteiger partial charge in [0.2, 0.25) is 0 Å². The van der Waals surface area contributed by atoms with Crippen molar-refractivity contribution in [3.8, 4) is 11.3 Å². The SMILES string of the molecule is Cc1cc2c(cc1C(=O)NC1CCOCC1)N=C(c1c(F)cccc1F)Nc1cn[nH]c1-2. The molecule has 2 aromatic carbocycles. The summed E-state index contributed by atoms with van der Waals surface area (Å²) >= 11 is 0. The van der Waals surface area contributed by atoms with Gasteiger partial charge in [-0.05, 0) is 49.6 Å². The number of amidine groups is 1. The summed E-state index contributed by atoms with van der Waals surface area (Å²) in [5, 5.41) is 13.0. The molecule has 3 heterocycles. The third-order valence-electron chi connectivity index (χ3n) is 5.74. The van der Waals surface area contributed by atoms with Crippen molar-refractivity contribution in [2.45, 2.75) is 25.8 Å². The monoisotopic (exact) mass is 437 g/mol. The maximum atomic E-state index is 14.5. The first-order valence-electron chi connectivity index (χ1n) is 10.4. The van der Waals surface area contributed by atoms with Crippen LogP contribution >= 0.6 is 0 Å². The van der Waals surface area contributed by atoms with E-state index in [1.807, 2.05) is 13.0 Å². The lowest BCUT2D eigenvalue weighted by molar-refractivity contribution is 0.0696. The van der Waals surface area contributed by atoms with E-state index < -0.39 is 11.6 Å². The Bertz CT molecular complexity index is 1210. The van der Waals surface area contributed by atoms with Gasteiger partial charge in [0.1, 0.15) is 17.5 Å². The van der Waals surface area contributed by atoms with Crippen molar-refractivity contribution in [1.82, 2.24) is 15.5 Å². The Hall–Kier alpha value is -3.59. The van der Waals surface area contributed by atoms with Crippen LogP contribution in [-0.4, -0.2) is 41.2 Å². The Morgan fingerprint density at radius 3 is 2.69 bits per heavy atom. The van der Waals surface area contributed by atoms with Gasteiger partial charge in [0.05, 0.1) is 28.8 Å². The second-order valence-corrected chi connectivity index (χ2v) is 7.89. The van der Waals surface area contributed by atoms with Crippen molar-refractivity contribution in [1.29, 1.82) is 0 Å². The number of aliphatic imine (C=N–C) groups is 1. The van der Waals surface area contributed by atoms with Crippen LogP contribution in [-0.2, 0) is 4.74 Å². The van der Waals surface area contributed by atoms with E-state index in [4.69, 9.17) is 4.74 Å². The fourth-order valence-corrected chi connectivity index (χ4v) is 4.04. The van der Waals surface area contributed by atoms with Gasteiger partial charge in [0.15, 0.2) is 0 Å². The van der Waals surface area contributed by atoms with Crippen LogP contribution in [0.25, 0.3) is 11.3 Å². The molecular weight excluding hydrogens is 416 g/mol. The van der Waals surface area contributed by atoms with Crippen LogP contribution in [0.4, 0.5) is 20.2 Å². The third kappa shape index (κ3) is 3.64. The molecule has 0 radical (unpaired) electrons. The molecule has 1 aromatic heterocycles. The van der Waals surface area contributed by atoms with E-state index in [-0.39, 0.29) is 23.3 Å². The van der Waals surface area contributed by atoms with Crippen LogP contribution in [0.3, 0.4) is 0 Å². The Kier molecular flexibility index (Phi) is 5.18. The van der Waals surface area contributed by atoms with Crippen LogP contribution in [0.15, 0.2) is 41.5 Å². The first-order chi connectivity index (χ1) is 15.5. The minimum Gasteiger partial charge on any atom is -0.381 e. The van der Waals surface area contributed by atoms with Crippen molar-refractivity contribution in [2.24, 2.45) is 4.99 Å². The highest BCUT2D eigenvalue weighted by Gasteiger charge is 2.25. The molecule has 32 heavy (non-hydrogen) atoms. The van der Waals surface area contributed by atoms with Crippen LogP contribution in [0, 0.1) is 18.6 Å². The number of fused-ring (bicyclic) bond motifs is 3. The number of halogens is 2. The lowest BCUT2D eigenvalue weighted by Crippen LogP contribution is -2.39. The summed E-state index contributed by atoms with van der Waals surface area (Å²) in [5.41, 5.74) is 3.16. The van der Waals surface area contributed by atoms with Crippen LogP contribution in [0.1, 0.15) is 34.3 Å². The summed E-state index contributed by atoms with van der Waals surface area (Å²) < 4.78 is 34.4. The maximum Gasteiger partial charge on any atom is 0.251 e. The van der Waals surface area contributed by atoms with Crippen LogP contribution in [0.2, 0.25) is 0 Å². The molecule has 164 valence electrons. The van der Waals surface area contributed by atoms with Gasteiger partial charge in [-0.25, -0.2) is 13.8 Å². The van der Waals surface area contributed by atoms with Crippen molar-refractivity contribution < 1.29 is 18.3 Å². The number of hydrogen-bond donors (Lipinski definition) is 3. The summed E-state index contributed by atoms with van der Waals surface area (Å²) in [6.45, 7) is 3.07. The molecule has 0 atom stereocenters. The highest BCUT2D eigenvalue weighted by Crippen LogP contribution is 2.39. The number of aromatic nitrogens is 2. The van der Waals surface area contributed by atoms with E-state index in [2.05, 4.69) is 25.8 Å². The molecular formula is C23H21F2N5O2. The molecule has 2 aliphatic heterocycles. The highest BCUT2D eigenvalue weighted by atomic mass is 19.1. The number of nitrogens with one attached hydrogen (secondary N) is 3. The molecule has 1 amide bonds. The van der Waals surface area contributed by atoms with Gasteiger partial charge in [-0.1, -0.05) is 6.07 Å². The Labute approximate surface area is 182 Å². The summed E-state index contributed by atoms with van der Waals surface area (Å²) in [4.78, 5) is 17.5. The van der Waals surface area contributed by atoms with Crippen molar-refractivity contribution >= 4 is 23.1 Å².